The number of aromatic nitrogens is 2. The van der Waals surface area contributed by atoms with Crippen LogP contribution in [0.5, 0.6) is 0 Å². The highest BCUT2D eigenvalue weighted by atomic mass is 32.2. The predicted octanol–water partition coefficient (Wildman–Crippen LogP) is 3.40. The van der Waals surface area contributed by atoms with Gasteiger partial charge in [-0.05, 0) is 49.7 Å². The van der Waals surface area contributed by atoms with E-state index >= 15 is 0 Å². The quantitative estimate of drug-likeness (QED) is 0.348. The van der Waals surface area contributed by atoms with Crippen LogP contribution in [0.4, 0.5) is 0 Å². The number of hydrogen-bond donors (Lipinski definition) is 2. The lowest BCUT2D eigenvalue weighted by atomic mass is 10.2. The van der Waals surface area contributed by atoms with E-state index in [2.05, 4.69) is 15.3 Å². The van der Waals surface area contributed by atoms with E-state index in [1.165, 1.54) is 6.26 Å². The van der Waals surface area contributed by atoms with Gasteiger partial charge in [0, 0.05) is 13.0 Å². The Bertz CT molecular complexity index is 1280. The molecule has 8 nitrogen and oxygen atoms in total. The second kappa shape index (κ2) is 10.0. The van der Waals surface area contributed by atoms with Crippen molar-refractivity contribution in [2.24, 2.45) is 0 Å². The van der Waals surface area contributed by atoms with Gasteiger partial charge in [0.1, 0.15) is 11.6 Å². The first-order valence-electron chi connectivity index (χ1n) is 10.7. The van der Waals surface area contributed by atoms with Crippen molar-refractivity contribution in [1.82, 2.24) is 19.6 Å². The van der Waals surface area contributed by atoms with Crippen LogP contribution in [0.1, 0.15) is 23.6 Å². The number of imidazole rings is 1. The lowest BCUT2D eigenvalue weighted by molar-refractivity contribution is -0.121. The summed E-state index contributed by atoms with van der Waals surface area (Å²) in [6.07, 6.45) is 2.82. The zero-order chi connectivity index (χ0) is 23.3. The Hall–Kier alpha value is -3.43. The van der Waals surface area contributed by atoms with Crippen molar-refractivity contribution in [3.05, 3.63) is 84.1 Å². The number of furan rings is 1. The number of carbonyl (C=O) groups is 1. The summed E-state index contributed by atoms with van der Waals surface area (Å²) >= 11 is 0. The minimum Gasteiger partial charge on any atom is -0.468 e. The second-order valence-electron chi connectivity index (χ2n) is 7.82. The highest BCUT2D eigenvalue weighted by molar-refractivity contribution is 7.89. The number of benzene rings is 2. The fraction of sp³-hybridized carbons (Fsp3) is 0.250. The number of carbonyl (C=O) groups excluding carboxylic acids is 1. The summed E-state index contributed by atoms with van der Waals surface area (Å²) < 4.78 is 32.8. The zero-order valence-electron chi connectivity index (χ0n) is 18.3. The number of aryl methyl sites for hydroxylation is 2. The number of H-pyrrole nitrogens is 1. The average Bonchev–Trinajstić information content (AvgIpc) is 3.46. The molecule has 0 saturated carbocycles. The number of fused-ring (bicyclic) bond motifs is 1. The molecule has 0 bridgehead atoms. The number of sulfonamides is 1. The SMILES string of the molecule is Cc1ccc(S(=O)(=O)N(CC(=O)NCCCc2nc3ccccc3[nH]2)Cc2ccco2)cc1. The van der Waals surface area contributed by atoms with Gasteiger partial charge in [-0.25, -0.2) is 13.4 Å². The molecule has 2 aromatic heterocycles. The predicted molar refractivity (Wildman–Crippen MR) is 125 cm³/mol. The molecule has 4 aromatic rings. The molecule has 0 radical (unpaired) electrons. The largest absolute Gasteiger partial charge is 0.468 e. The Balaban J connectivity index is 1.36. The third-order valence-corrected chi connectivity index (χ3v) is 7.05. The topological polar surface area (TPSA) is 108 Å². The second-order valence-corrected chi connectivity index (χ2v) is 9.76. The number of aromatic amines is 1. The van der Waals surface area contributed by atoms with E-state index in [9.17, 15) is 13.2 Å². The van der Waals surface area contributed by atoms with E-state index in [1.807, 2.05) is 31.2 Å². The van der Waals surface area contributed by atoms with Crippen molar-refractivity contribution < 1.29 is 17.6 Å². The molecule has 0 saturated heterocycles. The van der Waals surface area contributed by atoms with Crippen LogP contribution >= 0.6 is 0 Å². The molecule has 2 aromatic carbocycles. The van der Waals surface area contributed by atoms with Gasteiger partial charge in [-0.3, -0.25) is 4.79 Å². The molecule has 33 heavy (non-hydrogen) atoms. The van der Waals surface area contributed by atoms with Crippen LogP contribution in [0.2, 0.25) is 0 Å². The van der Waals surface area contributed by atoms with Crippen molar-refractivity contribution in [1.29, 1.82) is 0 Å². The van der Waals surface area contributed by atoms with E-state index in [0.717, 1.165) is 26.7 Å². The first kappa shape index (κ1) is 22.8. The van der Waals surface area contributed by atoms with Crippen LogP contribution in [-0.2, 0) is 27.8 Å². The van der Waals surface area contributed by atoms with Gasteiger partial charge in [0.25, 0.3) is 0 Å². The highest BCUT2D eigenvalue weighted by Gasteiger charge is 2.27. The summed E-state index contributed by atoms with van der Waals surface area (Å²) in [4.78, 5) is 20.5. The summed E-state index contributed by atoms with van der Waals surface area (Å²) in [6, 6.07) is 17.7. The van der Waals surface area contributed by atoms with Gasteiger partial charge in [0.05, 0.1) is 35.3 Å². The van der Waals surface area contributed by atoms with Crippen LogP contribution in [-0.4, -0.2) is 41.7 Å². The first-order chi connectivity index (χ1) is 15.9. The van der Waals surface area contributed by atoms with Gasteiger partial charge in [0.15, 0.2) is 0 Å². The van der Waals surface area contributed by atoms with Gasteiger partial charge in [-0.15, -0.1) is 0 Å². The van der Waals surface area contributed by atoms with E-state index in [1.54, 1.807) is 36.4 Å². The lowest BCUT2D eigenvalue weighted by Crippen LogP contribution is -2.40. The van der Waals surface area contributed by atoms with Gasteiger partial charge >= 0.3 is 0 Å². The first-order valence-corrected chi connectivity index (χ1v) is 12.2. The Morgan fingerprint density at radius 2 is 1.88 bits per heavy atom. The maximum Gasteiger partial charge on any atom is 0.243 e. The van der Waals surface area contributed by atoms with Gasteiger partial charge < -0.3 is 14.7 Å². The molecule has 0 aliphatic rings. The maximum absolute atomic E-state index is 13.2. The lowest BCUT2D eigenvalue weighted by Gasteiger charge is -2.21. The minimum absolute atomic E-state index is 0.0321. The average molecular weight is 467 g/mol. The van der Waals surface area contributed by atoms with Crippen molar-refractivity contribution in [3.63, 3.8) is 0 Å². The van der Waals surface area contributed by atoms with Crippen LogP contribution in [0.3, 0.4) is 0 Å². The van der Waals surface area contributed by atoms with Crippen LogP contribution in [0, 0.1) is 6.92 Å². The number of amides is 1. The minimum atomic E-state index is -3.88. The number of nitrogens with one attached hydrogen (secondary N) is 2. The summed E-state index contributed by atoms with van der Waals surface area (Å²) in [7, 11) is -3.88. The Morgan fingerprint density at radius 1 is 1.09 bits per heavy atom. The summed E-state index contributed by atoms with van der Waals surface area (Å²) in [5, 5.41) is 2.81. The third kappa shape index (κ3) is 5.68. The molecule has 0 unspecified atom stereocenters. The monoisotopic (exact) mass is 466 g/mol. The Labute approximate surface area is 192 Å². The smallest absolute Gasteiger partial charge is 0.243 e. The normalized spacial score (nSPS) is 11.8. The van der Waals surface area contributed by atoms with E-state index < -0.39 is 10.0 Å². The maximum atomic E-state index is 13.2. The van der Waals surface area contributed by atoms with Gasteiger partial charge in [0.2, 0.25) is 15.9 Å². The number of para-hydroxylation sites is 2. The zero-order valence-corrected chi connectivity index (χ0v) is 19.1. The van der Waals surface area contributed by atoms with Crippen molar-refractivity contribution in [2.75, 3.05) is 13.1 Å². The number of rotatable bonds is 10. The summed E-state index contributed by atoms with van der Waals surface area (Å²) in [6.45, 7) is 1.96. The molecular weight excluding hydrogens is 440 g/mol. The molecule has 172 valence electrons. The molecule has 0 fully saturated rings. The Kier molecular flexibility index (Phi) is 6.90. The van der Waals surface area contributed by atoms with E-state index in [0.29, 0.717) is 25.1 Å². The molecule has 2 N–H and O–H groups in total. The molecule has 4 rings (SSSR count). The number of nitrogens with zero attached hydrogens (tertiary/aromatic N) is 2. The van der Waals surface area contributed by atoms with Crippen molar-refractivity contribution in [2.45, 2.75) is 31.2 Å². The molecule has 9 heteroatoms. The fourth-order valence-electron chi connectivity index (χ4n) is 3.49. The van der Waals surface area contributed by atoms with E-state index in [-0.39, 0.29) is 23.9 Å². The molecule has 0 atom stereocenters. The fourth-order valence-corrected chi connectivity index (χ4v) is 4.85. The van der Waals surface area contributed by atoms with Crippen LogP contribution in [0.25, 0.3) is 11.0 Å². The van der Waals surface area contributed by atoms with Crippen LogP contribution < -0.4 is 5.32 Å². The number of hydrogen-bond acceptors (Lipinski definition) is 5. The molecule has 2 heterocycles. The van der Waals surface area contributed by atoms with Gasteiger partial charge in [-0.2, -0.15) is 4.31 Å². The third-order valence-electron chi connectivity index (χ3n) is 5.24. The molecule has 0 aliphatic heterocycles. The standard InChI is InChI=1S/C24H26N4O4S/c1-18-10-12-20(13-11-18)33(30,31)28(16-19-6-5-15-32-19)17-24(29)25-14-4-9-23-26-21-7-2-3-8-22(21)27-23/h2-3,5-8,10-13,15H,4,9,14,16-17H2,1H3,(H,25,29)(H,26,27). The van der Waals surface area contributed by atoms with Crippen molar-refractivity contribution >= 4 is 27.0 Å². The highest BCUT2D eigenvalue weighted by Crippen LogP contribution is 2.19. The van der Waals surface area contributed by atoms with Crippen LogP contribution in [0.15, 0.2) is 76.2 Å². The molecular formula is C24H26N4O4S. The van der Waals surface area contributed by atoms with E-state index in [4.69, 9.17) is 4.42 Å². The Morgan fingerprint density at radius 3 is 2.61 bits per heavy atom. The van der Waals surface area contributed by atoms with Crippen molar-refractivity contribution in [3.8, 4) is 0 Å². The summed E-state index contributed by atoms with van der Waals surface area (Å²) in [5.74, 6) is 0.942. The summed E-state index contributed by atoms with van der Waals surface area (Å²) in [5.41, 5.74) is 2.84. The molecule has 1 amide bonds. The molecule has 0 spiro atoms. The van der Waals surface area contributed by atoms with Gasteiger partial charge in [-0.1, -0.05) is 29.8 Å². The molecule has 0 aliphatic carbocycles.